The Kier molecular flexibility index (Phi) is 6.61. The lowest BCUT2D eigenvalue weighted by atomic mass is 9.78. The van der Waals surface area contributed by atoms with Crippen LogP contribution in [0.5, 0.6) is 0 Å². The maximum absolute atomic E-state index is 6.72. The Bertz CT molecular complexity index is 2050. The van der Waals surface area contributed by atoms with E-state index in [4.69, 9.17) is 4.74 Å². The summed E-state index contributed by atoms with van der Waals surface area (Å²) < 4.78 is 6.72. The summed E-state index contributed by atoms with van der Waals surface area (Å²) >= 11 is 0. The summed E-state index contributed by atoms with van der Waals surface area (Å²) in [4.78, 5) is 2.41. The van der Waals surface area contributed by atoms with E-state index in [1.165, 1.54) is 50.2 Å². The third-order valence-electron chi connectivity index (χ3n) is 10.9. The second kappa shape index (κ2) is 11.0. The highest BCUT2D eigenvalue weighted by Crippen LogP contribution is 2.52. The molecule has 2 nitrogen and oxygen atoms in total. The number of hydrogen-bond acceptors (Lipinski definition) is 2. The molecule has 3 atom stereocenters. The van der Waals surface area contributed by atoms with Crippen molar-refractivity contribution in [3.8, 4) is 0 Å². The number of allylic oxidation sites excluding steroid dienone is 9. The molecule has 5 aliphatic rings. The van der Waals surface area contributed by atoms with Gasteiger partial charge in [-0.25, -0.2) is 0 Å². The van der Waals surface area contributed by atoms with Gasteiger partial charge in [0.25, 0.3) is 0 Å². The largest absolute Gasteiger partial charge is 0.489 e. The highest BCUT2D eigenvalue weighted by atomic mass is 16.5. The van der Waals surface area contributed by atoms with Crippen LogP contribution >= 0.6 is 0 Å². The van der Waals surface area contributed by atoms with Gasteiger partial charge in [0.15, 0.2) is 0 Å². The summed E-state index contributed by atoms with van der Waals surface area (Å²) in [6.07, 6.45) is 19.1. The number of benzene rings is 4. The van der Waals surface area contributed by atoms with Crippen LogP contribution in [0.15, 0.2) is 163 Å². The van der Waals surface area contributed by atoms with Crippen LogP contribution in [0, 0.1) is 5.92 Å². The van der Waals surface area contributed by atoms with E-state index in [-0.39, 0.29) is 23.4 Å². The topological polar surface area (TPSA) is 12.5 Å². The van der Waals surface area contributed by atoms with Gasteiger partial charge >= 0.3 is 0 Å². The van der Waals surface area contributed by atoms with E-state index in [2.05, 4.69) is 164 Å². The lowest BCUT2D eigenvalue weighted by Crippen LogP contribution is -2.18. The Morgan fingerprint density at radius 3 is 2.30 bits per heavy atom. The van der Waals surface area contributed by atoms with Gasteiger partial charge < -0.3 is 9.64 Å². The molecule has 0 amide bonds. The molecule has 0 N–H and O–H groups in total. The average Bonchev–Trinajstić information content (AvgIpc) is 3.61. The van der Waals surface area contributed by atoms with Crippen LogP contribution in [-0.4, -0.2) is 6.10 Å². The molecule has 0 bridgehead atoms. The zero-order valence-corrected chi connectivity index (χ0v) is 27.1. The standard InChI is InChI=1S/C45H39NO/c1-45(2)41-19-11-9-17-36(41)37-26-25-35(29-42(37)45)46(33-15-7-4-8-16-33)34-23-21-31(22-24-34)39-27-32(30-13-5-3-6-14-30)28-40-38-18-10-12-20-43(38)47-44(39)40/h3-8,10-16,18-26,28-29,38-39,43H,9,17,27H2,1-2H3. The summed E-state index contributed by atoms with van der Waals surface area (Å²) in [6.45, 7) is 4.76. The number of nitrogens with zero attached hydrogens (tertiary/aromatic N) is 1. The minimum atomic E-state index is -0.0109. The van der Waals surface area contributed by atoms with Crippen molar-refractivity contribution in [2.45, 2.75) is 50.5 Å². The highest BCUT2D eigenvalue weighted by molar-refractivity contribution is 5.86. The Balaban J connectivity index is 1.10. The molecule has 230 valence electrons. The molecule has 0 aromatic heterocycles. The predicted molar refractivity (Wildman–Crippen MR) is 195 cm³/mol. The number of para-hydroxylation sites is 1. The molecule has 9 rings (SSSR count). The third kappa shape index (κ3) is 4.61. The van der Waals surface area contributed by atoms with Crippen molar-refractivity contribution in [1.29, 1.82) is 0 Å². The van der Waals surface area contributed by atoms with Gasteiger partial charge in [0.2, 0.25) is 0 Å². The number of hydrogen-bond donors (Lipinski definition) is 0. The number of rotatable bonds is 5. The SMILES string of the molecule is CC1(C)C2=C(CCC=C2)c2ccc(N(c3ccccc3)c3ccc(C4CC(c5ccccc5)=CC5=C4OC4C=CC=CC54)cc3)cc21. The van der Waals surface area contributed by atoms with Crippen molar-refractivity contribution in [2.24, 2.45) is 5.92 Å². The van der Waals surface area contributed by atoms with Gasteiger partial charge in [0.1, 0.15) is 11.9 Å². The van der Waals surface area contributed by atoms with Crippen molar-refractivity contribution in [3.05, 3.63) is 185 Å². The van der Waals surface area contributed by atoms with Crippen molar-refractivity contribution in [1.82, 2.24) is 0 Å². The first-order chi connectivity index (χ1) is 23.1. The lowest BCUT2D eigenvalue weighted by Gasteiger charge is -2.29. The van der Waals surface area contributed by atoms with E-state index in [0.717, 1.165) is 36.4 Å². The molecule has 0 spiro atoms. The molecule has 0 fully saturated rings. The van der Waals surface area contributed by atoms with Gasteiger partial charge in [-0.05, 0) is 101 Å². The molecular weight excluding hydrogens is 571 g/mol. The summed E-state index contributed by atoms with van der Waals surface area (Å²) in [5.41, 5.74) is 14.6. The number of anilines is 3. The number of ether oxygens (including phenoxy) is 1. The second-order valence-electron chi connectivity index (χ2n) is 13.9. The molecule has 0 saturated heterocycles. The van der Waals surface area contributed by atoms with Gasteiger partial charge in [-0.2, -0.15) is 0 Å². The van der Waals surface area contributed by atoms with E-state index in [9.17, 15) is 0 Å². The number of fused-ring (bicyclic) bond motifs is 4. The molecule has 47 heavy (non-hydrogen) atoms. The monoisotopic (exact) mass is 609 g/mol. The van der Waals surface area contributed by atoms with Crippen LogP contribution in [-0.2, 0) is 10.2 Å². The normalized spacial score (nSPS) is 23.1. The van der Waals surface area contributed by atoms with Crippen LogP contribution in [0.2, 0.25) is 0 Å². The van der Waals surface area contributed by atoms with Crippen LogP contribution < -0.4 is 4.90 Å². The fourth-order valence-electron chi connectivity index (χ4n) is 8.50. The summed E-state index contributed by atoms with van der Waals surface area (Å²) in [5, 5.41) is 0. The summed E-state index contributed by atoms with van der Waals surface area (Å²) in [7, 11) is 0. The Labute approximate surface area is 278 Å². The van der Waals surface area contributed by atoms with Gasteiger partial charge in [0, 0.05) is 39.9 Å². The molecule has 2 heteroatoms. The zero-order chi connectivity index (χ0) is 31.5. The molecule has 4 aromatic rings. The fourth-order valence-corrected chi connectivity index (χ4v) is 8.50. The van der Waals surface area contributed by atoms with E-state index < -0.39 is 0 Å². The summed E-state index contributed by atoms with van der Waals surface area (Å²) in [6, 6.07) is 38.0. The Hall–Kier alpha value is -5.08. The second-order valence-corrected chi connectivity index (χ2v) is 13.9. The maximum atomic E-state index is 6.72. The predicted octanol–water partition coefficient (Wildman–Crippen LogP) is 11.5. The van der Waals surface area contributed by atoms with Crippen LogP contribution in [0.3, 0.4) is 0 Å². The molecule has 0 radical (unpaired) electrons. The quantitative estimate of drug-likeness (QED) is 0.223. The Morgan fingerprint density at radius 2 is 1.49 bits per heavy atom. The van der Waals surface area contributed by atoms with Gasteiger partial charge in [-0.3, -0.25) is 0 Å². The van der Waals surface area contributed by atoms with E-state index >= 15 is 0 Å². The Morgan fingerprint density at radius 1 is 0.766 bits per heavy atom. The maximum Gasteiger partial charge on any atom is 0.127 e. The molecule has 0 saturated carbocycles. The van der Waals surface area contributed by atoms with Crippen LogP contribution in [0.25, 0.3) is 11.1 Å². The third-order valence-corrected chi connectivity index (χ3v) is 10.9. The molecule has 1 aliphatic heterocycles. The lowest BCUT2D eigenvalue weighted by molar-refractivity contribution is 0.151. The molecule has 1 heterocycles. The van der Waals surface area contributed by atoms with Crippen molar-refractivity contribution >= 4 is 28.2 Å². The highest BCUT2D eigenvalue weighted by Gasteiger charge is 2.40. The first-order valence-electron chi connectivity index (χ1n) is 17.1. The zero-order valence-electron chi connectivity index (χ0n) is 27.1. The fraction of sp³-hybridized carbons (Fsp3) is 0.200. The van der Waals surface area contributed by atoms with Crippen LogP contribution in [0.1, 0.15) is 61.3 Å². The smallest absolute Gasteiger partial charge is 0.127 e. The molecular formula is C45H39NO. The van der Waals surface area contributed by atoms with Crippen LogP contribution in [0.4, 0.5) is 17.1 Å². The first-order valence-corrected chi connectivity index (χ1v) is 17.1. The first kappa shape index (κ1) is 28.2. The average molecular weight is 610 g/mol. The van der Waals surface area contributed by atoms with E-state index in [1.54, 1.807) is 0 Å². The van der Waals surface area contributed by atoms with E-state index in [1.807, 2.05) is 0 Å². The van der Waals surface area contributed by atoms with Gasteiger partial charge in [-0.15, -0.1) is 0 Å². The van der Waals surface area contributed by atoms with Gasteiger partial charge in [0.05, 0.1) is 0 Å². The van der Waals surface area contributed by atoms with Crippen molar-refractivity contribution in [2.75, 3.05) is 4.90 Å². The van der Waals surface area contributed by atoms with Crippen molar-refractivity contribution in [3.63, 3.8) is 0 Å². The van der Waals surface area contributed by atoms with Crippen molar-refractivity contribution < 1.29 is 4.74 Å². The minimum Gasteiger partial charge on any atom is -0.489 e. The summed E-state index contributed by atoms with van der Waals surface area (Å²) in [5.74, 6) is 1.57. The molecule has 3 unspecified atom stereocenters. The van der Waals surface area contributed by atoms with E-state index in [0.29, 0.717) is 0 Å². The molecule has 4 aromatic carbocycles. The minimum absolute atomic E-state index is 0.0109. The molecule has 4 aliphatic carbocycles. The van der Waals surface area contributed by atoms with Gasteiger partial charge in [-0.1, -0.05) is 117 Å².